The van der Waals surface area contributed by atoms with Gasteiger partial charge in [-0.15, -0.1) is 0 Å². The van der Waals surface area contributed by atoms with Crippen molar-refractivity contribution in [2.75, 3.05) is 0 Å². The van der Waals surface area contributed by atoms with Gasteiger partial charge in [-0.05, 0) is 11.6 Å². The van der Waals surface area contributed by atoms with E-state index < -0.39 is 0 Å². The van der Waals surface area contributed by atoms with Gasteiger partial charge in [0.2, 0.25) is 0 Å². The first-order chi connectivity index (χ1) is 7.18. The second-order valence-corrected chi connectivity index (χ2v) is 3.94. The predicted molar refractivity (Wildman–Crippen MR) is 63.6 cm³/mol. The molecule has 0 fully saturated rings. The molecule has 0 saturated carbocycles. The third kappa shape index (κ3) is 2.09. The van der Waals surface area contributed by atoms with Crippen molar-refractivity contribution in [2.24, 2.45) is 0 Å². The number of halogens is 2. The van der Waals surface area contributed by atoms with Gasteiger partial charge in [0.15, 0.2) is 0 Å². The van der Waals surface area contributed by atoms with E-state index in [9.17, 15) is 5.11 Å². The summed E-state index contributed by atoms with van der Waals surface area (Å²) in [5.74, 6) is 0.114. The van der Waals surface area contributed by atoms with Crippen LogP contribution in [-0.2, 0) is 0 Å². The molecule has 2 aromatic carbocycles. The molecule has 0 bridgehead atoms. The lowest BCUT2D eigenvalue weighted by atomic mass is 10.1. The smallest absolute Gasteiger partial charge is 0.117 e. The average molecular weight is 239 g/mol. The van der Waals surface area contributed by atoms with Gasteiger partial charge in [0.1, 0.15) is 5.75 Å². The van der Waals surface area contributed by atoms with Crippen molar-refractivity contribution in [2.45, 2.75) is 0 Å². The van der Waals surface area contributed by atoms with Gasteiger partial charge in [-0.2, -0.15) is 0 Å². The van der Waals surface area contributed by atoms with E-state index in [1.165, 1.54) is 6.07 Å². The highest BCUT2D eigenvalue weighted by atomic mass is 35.5. The Morgan fingerprint density at radius 3 is 2.27 bits per heavy atom. The van der Waals surface area contributed by atoms with Crippen molar-refractivity contribution >= 4 is 23.2 Å². The molecule has 0 amide bonds. The minimum absolute atomic E-state index is 0.114. The van der Waals surface area contributed by atoms with E-state index in [0.29, 0.717) is 10.0 Å². The first-order valence-corrected chi connectivity index (χ1v) is 5.17. The van der Waals surface area contributed by atoms with Gasteiger partial charge in [0.25, 0.3) is 0 Å². The molecule has 0 aliphatic carbocycles. The molecule has 2 rings (SSSR count). The van der Waals surface area contributed by atoms with E-state index in [2.05, 4.69) is 0 Å². The van der Waals surface area contributed by atoms with E-state index in [-0.39, 0.29) is 5.75 Å². The standard InChI is InChI=1S/C12H8Cl2O/c13-11-7-9(15)6-10(12(11)14)8-4-2-1-3-5-8/h1-7,15H. The second kappa shape index (κ2) is 4.13. The molecule has 0 aromatic heterocycles. The molecule has 0 radical (unpaired) electrons. The highest BCUT2D eigenvalue weighted by molar-refractivity contribution is 6.43. The first-order valence-electron chi connectivity index (χ1n) is 4.42. The van der Waals surface area contributed by atoms with Crippen LogP contribution in [-0.4, -0.2) is 5.11 Å². The van der Waals surface area contributed by atoms with Crippen LogP contribution in [0.4, 0.5) is 0 Å². The minimum atomic E-state index is 0.114. The minimum Gasteiger partial charge on any atom is -0.508 e. The topological polar surface area (TPSA) is 20.2 Å². The third-order valence-corrected chi connectivity index (χ3v) is 2.90. The fraction of sp³-hybridized carbons (Fsp3) is 0. The van der Waals surface area contributed by atoms with Crippen LogP contribution in [0.15, 0.2) is 42.5 Å². The van der Waals surface area contributed by atoms with Crippen molar-refractivity contribution in [3.05, 3.63) is 52.5 Å². The summed E-state index contributed by atoms with van der Waals surface area (Å²) in [4.78, 5) is 0. The summed E-state index contributed by atoms with van der Waals surface area (Å²) in [6, 6.07) is 12.6. The molecule has 0 unspecified atom stereocenters. The summed E-state index contributed by atoms with van der Waals surface area (Å²) < 4.78 is 0. The maximum Gasteiger partial charge on any atom is 0.117 e. The van der Waals surface area contributed by atoms with Gasteiger partial charge in [-0.25, -0.2) is 0 Å². The summed E-state index contributed by atoms with van der Waals surface area (Å²) in [6.45, 7) is 0. The number of aromatic hydroxyl groups is 1. The SMILES string of the molecule is Oc1cc(Cl)c(Cl)c(-c2ccccc2)c1. The highest BCUT2D eigenvalue weighted by Crippen LogP contribution is 2.36. The van der Waals surface area contributed by atoms with Crippen molar-refractivity contribution < 1.29 is 5.11 Å². The molecule has 0 saturated heterocycles. The summed E-state index contributed by atoms with van der Waals surface area (Å²) in [5.41, 5.74) is 1.67. The molecule has 0 aliphatic heterocycles. The van der Waals surface area contributed by atoms with E-state index in [4.69, 9.17) is 23.2 Å². The molecule has 0 spiro atoms. The Hall–Kier alpha value is -1.18. The zero-order chi connectivity index (χ0) is 10.8. The van der Waals surface area contributed by atoms with Crippen LogP contribution in [0, 0.1) is 0 Å². The van der Waals surface area contributed by atoms with Crippen LogP contribution < -0.4 is 0 Å². The highest BCUT2D eigenvalue weighted by Gasteiger charge is 2.08. The van der Waals surface area contributed by atoms with E-state index >= 15 is 0 Å². The lowest BCUT2D eigenvalue weighted by Crippen LogP contribution is -1.80. The largest absolute Gasteiger partial charge is 0.508 e. The number of hydrogen-bond acceptors (Lipinski definition) is 1. The van der Waals surface area contributed by atoms with Crippen LogP contribution in [0.5, 0.6) is 5.75 Å². The lowest BCUT2D eigenvalue weighted by Gasteiger charge is -2.06. The van der Waals surface area contributed by atoms with Crippen LogP contribution in [0.1, 0.15) is 0 Å². The average Bonchev–Trinajstić information content (AvgIpc) is 2.24. The Morgan fingerprint density at radius 1 is 0.933 bits per heavy atom. The van der Waals surface area contributed by atoms with Crippen LogP contribution in [0.25, 0.3) is 11.1 Å². The zero-order valence-electron chi connectivity index (χ0n) is 7.74. The van der Waals surface area contributed by atoms with Gasteiger partial charge < -0.3 is 5.11 Å². The van der Waals surface area contributed by atoms with E-state index in [1.54, 1.807) is 6.07 Å². The number of hydrogen-bond donors (Lipinski definition) is 1. The van der Waals surface area contributed by atoms with Gasteiger partial charge >= 0.3 is 0 Å². The van der Waals surface area contributed by atoms with Crippen molar-refractivity contribution in [3.63, 3.8) is 0 Å². The van der Waals surface area contributed by atoms with Gasteiger partial charge in [-0.3, -0.25) is 0 Å². The van der Waals surface area contributed by atoms with Gasteiger partial charge in [0.05, 0.1) is 10.0 Å². The molecule has 1 nitrogen and oxygen atoms in total. The molecule has 0 aliphatic rings. The number of phenolic OH excluding ortho intramolecular Hbond substituents is 1. The Morgan fingerprint density at radius 2 is 1.60 bits per heavy atom. The van der Waals surface area contributed by atoms with Crippen molar-refractivity contribution in [1.82, 2.24) is 0 Å². The number of phenols is 1. The van der Waals surface area contributed by atoms with Crippen LogP contribution >= 0.6 is 23.2 Å². The third-order valence-electron chi connectivity index (χ3n) is 2.10. The molecule has 15 heavy (non-hydrogen) atoms. The summed E-state index contributed by atoms with van der Waals surface area (Å²) >= 11 is 11.9. The molecule has 1 N–H and O–H groups in total. The summed E-state index contributed by atoms with van der Waals surface area (Å²) in [7, 11) is 0. The normalized spacial score (nSPS) is 10.3. The fourth-order valence-electron chi connectivity index (χ4n) is 1.40. The monoisotopic (exact) mass is 238 g/mol. The lowest BCUT2D eigenvalue weighted by molar-refractivity contribution is 0.475. The first kappa shape index (κ1) is 10.3. The Kier molecular flexibility index (Phi) is 2.85. The number of rotatable bonds is 1. The quantitative estimate of drug-likeness (QED) is 0.783. The Labute approximate surface area is 97.9 Å². The molecular formula is C12H8Cl2O. The fourth-order valence-corrected chi connectivity index (χ4v) is 1.83. The summed E-state index contributed by atoms with van der Waals surface area (Å²) in [5, 5.41) is 10.3. The van der Waals surface area contributed by atoms with Crippen molar-refractivity contribution in [3.8, 4) is 16.9 Å². The Bertz CT molecular complexity index is 480. The van der Waals surface area contributed by atoms with Crippen molar-refractivity contribution in [1.29, 1.82) is 0 Å². The summed E-state index contributed by atoms with van der Waals surface area (Å²) in [6.07, 6.45) is 0. The zero-order valence-corrected chi connectivity index (χ0v) is 9.26. The van der Waals surface area contributed by atoms with Gasteiger partial charge in [-0.1, -0.05) is 53.5 Å². The molecule has 3 heteroatoms. The second-order valence-electron chi connectivity index (χ2n) is 3.16. The Balaban J connectivity index is 2.63. The molecule has 2 aromatic rings. The molecular weight excluding hydrogens is 231 g/mol. The number of benzene rings is 2. The van der Waals surface area contributed by atoms with Crippen LogP contribution in [0.2, 0.25) is 10.0 Å². The molecule has 76 valence electrons. The maximum absolute atomic E-state index is 9.44. The van der Waals surface area contributed by atoms with Gasteiger partial charge in [0, 0.05) is 11.6 Å². The van der Waals surface area contributed by atoms with Crippen LogP contribution in [0.3, 0.4) is 0 Å². The molecule has 0 heterocycles. The predicted octanol–water partition coefficient (Wildman–Crippen LogP) is 4.37. The van der Waals surface area contributed by atoms with E-state index in [1.807, 2.05) is 30.3 Å². The maximum atomic E-state index is 9.44. The molecule has 0 atom stereocenters. The van der Waals surface area contributed by atoms with E-state index in [0.717, 1.165) is 11.1 Å².